The minimum Gasteiger partial charge on any atom is -0.495 e. The lowest BCUT2D eigenvalue weighted by molar-refractivity contribution is 0.0697. The third-order valence-electron chi connectivity index (χ3n) is 4.58. The van der Waals surface area contributed by atoms with E-state index in [0.717, 1.165) is 26.2 Å². The van der Waals surface area contributed by atoms with Crippen LogP contribution in [0.2, 0.25) is 5.02 Å². The molecule has 4 rings (SSSR count). The summed E-state index contributed by atoms with van der Waals surface area (Å²) < 4.78 is 5.20. The smallest absolute Gasteiger partial charge is 0.335 e. The quantitative estimate of drug-likeness (QED) is 0.404. The van der Waals surface area contributed by atoms with E-state index in [2.05, 4.69) is 16.4 Å². The fourth-order valence-corrected chi connectivity index (χ4v) is 4.23. The molecular formula is C22H18ClN3O3S. The number of carbonyl (C=O) groups is 1. The Kier molecular flexibility index (Phi) is 5.57. The van der Waals surface area contributed by atoms with Gasteiger partial charge in [0.05, 0.1) is 23.1 Å². The Balaban J connectivity index is 1.68. The molecular weight excluding hydrogens is 422 g/mol. The predicted molar refractivity (Wildman–Crippen MR) is 120 cm³/mol. The second-order valence-corrected chi connectivity index (χ2v) is 8.32. The number of hydrogen-bond donors (Lipinski definition) is 2. The highest BCUT2D eigenvalue weighted by molar-refractivity contribution is 7.18. The summed E-state index contributed by atoms with van der Waals surface area (Å²) in [6.07, 6.45) is 0. The van der Waals surface area contributed by atoms with Crippen molar-refractivity contribution < 1.29 is 14.6 Å². The van der Waals surface area contributed by atoms with Crippen LogP contribution in [-0.2, 0) is 6.54 Å². The fraction of sp³-hybridized carbons (Fsp3) is 0.136. The van der Waals surface area contributed by atoms with Gasteiger partial charge in [-0.1, -0.05) is 29.8 Å². The van der Waals surface area contributed by atoms with Crippen LogP contribution in [0.15, 0.2) is 48.5 Å². The maximum absolute atomic E-state index is 11.1. The van der Waals surface area contributed by atoms with Gasteiger partial charge in [-0.3, -0.25) is 0 Å². The van der Waals surface area contributed by atoms with E-state index >= 15 is 0 Å². The predicted octanol–water partition coefficient (Wildman–Crippen LogP) is 5.64. The first-order chi connectivity index (χ1) is 14.4. The van der Waals surface area contributed by atoms with Crippen LogP contribution >= 0.6 is 22.9 Å². The van der Waals surface area contributed by atoms with Gasteiger partial charge in [-0.25, -0.2) is 14.8 Å². The molecule has 2 N–H and O–H groups in total. The van der Waals surface area contributed by atoms with Gasteiger partial charge in [0.15, 0.2) is 5.82 Å². The molecule has 2 aromatic carbocycles. The standard InChI is InChI=1S/C22H18ClN3O3S/c1-12-9-16-20(24-11-13-3-8-18(29-2)17(23)10-13)25-19(26-21(16)30-12)14-4-6-15(7-5-14)22(27)28/h3-10H,11H2,1-2H3,(H,27,28)(H,24,25,26). The van der Waals surface area contributed by atoms with Crippen LogP contribution in [0.25, 0.3) is 21.6 Å². The molecule has 0 atom stereocenters. The molecule has 0 fully saturated rings. The van der Waals surface area contributed by atoms with Gasteiger partial charge >= 0.3 is 5.97 Å². The topological polar surface area (TPSA) is 84.3 Å². The van der Waals surface area contributed by atoms with E-state index in [0.29, 0.717) is 29.0 Å². The first-order valence-corrected chi connectivity index (χ1v) is 10.3. The highest BCUT2D eigenvalue weighted by atomic mass is 35.5. The second-order valence-electron chi connectivity index (χ2n) is 6.68. The third kappa shape index (κ3) is 4.08. The second kappa shape index (κ2) is 8.30. The highest BCUT2D eigenvalue weighted by Crippen LogP contribution is 2.32. The number of rotatable bonds is 6. The molecule has 0 bridgehead atoms. The van der Waals surface area contributed by atoms with Crippen LogP contribution in [0.4, 0.5) is 5.82 Å². The Hall–Kier alpha value is -3.16. The van der Waals surface area contributed by atoms with E-state index in [-0.39, 0.29) is 5.56 Å². The number of thiophene rings is 1. The average Bonchev–Trinajstić information content (AvgIpc) is 3.12. The molecule has 30 heavy (non-hydrogen) atoms. The Morgan fingerprint density at radius 2 is 1.93 bits per heavy atom. The number of aromatic carboxylic acids is 1. The molecule has 0 saturated carbocycles. The van der Waals surface area contributed by atoms with Gasteiger partial charge in [0.25, 0.3) is 0 Å². The van der Waals surface area contributed by atoms with E-state index in [1.165, 1.54) is 0 Å². The van der Waals surface area contributed by atoms with E-state index in [1.54, 1.807) is 42.7 Å². The lowest BCUT2D eigenvalue weighted by Gasteiger charge is -2.10. The third-order valence-corrected chi connectivity index (χ3v) is 5.82. The van der Waals surface area contributed by atoms with Crippen LogP contribution in [-0.4, -0.2) is 28.2 Å². The Morgan fingerprint density at radius 1 is 1.17 bits per heavy atom. The van der Waals surface area contributed by atoms with Gasteiger partial charge in [0, 0.05) is 17.0 Å². The Bertz CT molecular complexity index is 1240. The van der Waals surface area contributed by atoms with Crippen molar-refractivity contribution in [3.05, 3.63) is 69.6 Å². The zero-order valence-corrected chi connectivity index (χ0v) is 17.8. The number of halogens is 1. The minimum absolute atomic E-state index is 0.224. The summed E-state index contributed by atoms with van der Waals surface area (Å²) in [5, 5.41) is 14.0. The molecule has 0 radical (unpaired) electrons. The number of fused-ring (bicyclic) bond motifs is 1. The minimum atomic E-state index is -0.965. The monoisotopic (exact) mass is 439 g/mol. The first-order valence-electron chi connectivity index (χ1n) is 9.13. The maximum atomic E-state index is 11.1. The Morgan fingerprint density at radius 3 is 2.60 bits per heavy atom. The number of carboxylic acid groups (broad SMARTS) is 1. The molecule has 8 heteroatoms. The van der Waals surface area contributed by atoms with Crippen LogP contribution in [0.5, 0.6) is 5.75 Å². The Labute approximate surface area is 182 Å². The van der Waals surface area contributed by atoms with Crippen molar-refractivity contribution in [2.75, 3.05) is 12.4 Å². The van der Waals surface area contributed by atoms with Gasteiger partial charge in [-0.05, 0) is 42.8 Å². The molecule has 6 nitrogen and oxygen atoms in total. The number of anilines is 1. The van der Waals surface area contributed by atoms with Gasteiger partial charge in [-0.15, -0.1) is 11.3 Å². The molecule has 0 amide bonds. The molecule has 2 heterocycles. The number of benzene rings is 2. The molecule has 0 saturated heterocycles. The lowest BCUT2D eigenvalue weighted by atomic mass is 10.1. The fourth-order valence-electron chi connectivity index (χ4n) is 3.07. The van der Waals surface area contributed by atoms with Crippen molar-refractivity contribution in [3.8, 4) is 17.1 Å². The van der Waals surface area contributed by atoms with Crippen LogP contribution in [0, 0.1) is 6.92 Å². The van der Waals surface area contributed by atoms with Gasteiger partial charge < -0.3 is 15.2 Å². The van der Waals surface area contributed by atoms with Crippen molar-refractivity contribution in [2.45, 2.75) is 13.5 Å². The first kappa shape index (κ1) is 20.1. The average molecular weight is 440 g/mol. The summed E-state index contributed by atoms with van der Waals surface area (Å²) in [4.78, 5) is 22.5. The normalized spacial score (nSPS) is 10.9. The summed E-state index contributed by atoms with van der Waals surface area (Å²) >= 11 is 7.82. The molecule has 2 aromatic heterocycles. The molecule has 0 aliphatic heterocycles. The van der Waals surface area contributed by atoms with E-state index in [4.69, 9.17) is 26.4 Å². The van der Waals surface area contributed by atoms with Crippen molar-refractivity contribution in [2.24, 2.45) is 0 Å². The van der Waals surface area contributed by atoms with E-state index in [1.807, 2.05) is 25.1 Å². The zero-order valence-electron chi connectivity index (χ0n) is 16.3. The van der Waals surface area contributed by atoms with Crippen LogP contribution in [0.3, 0.4) is 0 Å². The SMILES string of the molecule is COc1ccc(CNc2nc(-c3ccc(C(=O)O)cc3)nc3sc(C)cc23)cc1Cl. The molecule has 152 valence electrons. The summed E-state index contributed by atoms with van der Waals surface area (Å²) in [5.41, 5.74) is 1.97. The number of aromatic nitrogens is 2. The zero-order chi connectivity index (χ0) is 21.3. The van der Waals surface area contributed by atoms with Crippen LogP contribution < -0.4 is 10.1 Å². The van der Waals surface area contributed by atoms with Gasteiger partial charge in [-0.2, -0.15) is 0 Å². The van der Waals surface area contributed by atoms with Crippen molar-refractivity contribution in [3.63, 3.8) is 0 Å². The van der Waals surface area contributed by atoms with Gasteiger partial charge in [0.1, 0.15) is 16.4 Å². The molecule has 0 aliphatic carbocycles. The lowest BCUT2D eigenvalue weighted by Crippen LogP contribution is -2.04. The van der Waals surface area contributed by atoms with Crippen molar-refractivity contribution in [1.82, 2.24) is 9.97 Å². The molecule has 0 aliphatic rings. The summed E-state index contributed by atoms with van der Waals surface area (Å²) in [7, 11) is 1.58. The van der Waals surface area contributed by atoms with E-state index in [9.17, 15) is 4.79 Å². The van der Waals surface area contributed by atoms with Crippen LogP contribution in [0.1, 0.15) is 20.8 Å². The molecule has 0 spiro atoms. The summed E-state index contributed by atoms with van der Waals surface area (Å²) in [6, 6.07) is 14.2. The number of nitrogens with zero attached hydrogens (tertiary/aromatic N) is 2. The van der Waals surface area contributed by atoms with Crippen molar-refractivity contribution in [1.29, 1.82) is 0 Å². The van der Waals surface area contributed by atoms with Crippen molar-refractivity contribution >= 4 is 44.9 Å². The summed E-state index contributed by atoms with van der Waals surface area (Å²) in [6.45, 7) is 2.56. The number of ether oxygens (including phenoxy) is 1. The number of carboxylic acids is 1. The molecule has 4 aromatic rings. The number of hydrogen-bond acceptors (Lipinski definition) is 6. The van der Waals surface area contributed by atoms with Gasteiger partial charge in [0.2, 0.25) is 0 Å². The highest BCUT2D eigenvalue weighted by Gasteiger charge is 2.13. The number of nitrogens with one attached hydrogen (secondary N) is 1. The number of aryl methyl sites for hydroxylation is 1. The largest absolute Gasteiger partial charge is 0.495 e. The molecule has 0 unspecified atom stereocenters. The number of methoxy groups -OCH3 is 1. The summed E-state index contributed by atoms with van der Waals surface area (Å²) in [5.74, 6) is 0.919. The van der Waals surface area contributed by atoms with E-state index < -0.39 is 5.97 Å². The maximum Gasteiger partial charge on any atom is 0.335 e.